The molecule has 3 aromatic carbocycles. The quantitative estimate of drug-likeness (QED) is 0.361. The van der Waals surface area contributed by atoms with E-state index < -0.39 is 22.5 Å². The summed E-state index contributed by atoms with van der Waals surface area (Å²) < 4.78 is 61.4. The number of nitrogens with zero attached hydrogens (tertiary/aromatic N) is 1. The fourth-order valence-corrected chi connectivity index (χ4v) is 3.75. The molecule has 8 nitrogen and oxygen atoms in total. The average Bonchev–Trinajstić information content (AvgIpc) is 2.80. The van der Waals surface area contributed by atoms with Crippen LogP contribution in [0.4, 0.5) is 14.5 Å². The van der Waals surface area contributed by atoms with E-state index in [1.807, 2.05) is 0 Å². The van der Waals surface area contributed by atoms with Crippen molar-refractivity contribution in [3.63, 3.8) is 0 Å². The van der Waals surface area contributed by atoms with E-state index in [9.17, 15) is 22.0 Å². The van der Waals surface area contributed by atoms with Gasteiger partial charge in [0.25, 0.3) is 15.9 Å². The third-order valence-corrected chi connectivity index (χ3v) is 5.61. The van der Waals surface area contributed by atoms with Gasteiger partial charge < -0.3 is 9.47 Å². The second-order valence-corrected chi connectivity index (χ2v) is 8.19. The van der Waals surface area contributed by atoms with E-state index in [1.54, 1.807) is 24.3 Å². The molecular formula is C22H19F2N3O5S. The van der Waals surface area contributed by atoms with Crippen LogP contribution in [0.5, 0.6) is 11.5 Å². The minimum atomic E-state index is -3.94. The summed E-state index contributed by atoms with van der Waals surface area (Å²) in [6.07, 6.45) is 1.30. The predicted octanol–water partition coefficient (Wildman–Crippen LogP) is 3.86. The number of anilines is 1. The molecule has 33 heavy (non-hydrogen) atoms. The Bertz CT molecular complexity index is 1230. The maximum Gasteiger partial charge on any atom is 0.387 e. The van der Waals surface area contributed by atoms with Gasteiger partial charge in [0.1, 0.15) is 11.5 Å². The molecule has 3 aromatic rings. The van der Waals surface area contributed by atoms with E-state index in [2.05, 4.69) is 20.0 Å². The van der Waals surface area contributed by atoms with E-state index in [0.717, 1.165) is 0 Å². The molecule has 2 N–H and O–H groups in total. The lowest BCUT2D eigenvalue weighted by Gasteiger charge is -2.10. The summed E-state index contributed by atoms with van der Waals surface area (Å²) in [5.41, 5.74) is 3.22. The number of hydrogen-bond acceptors (Lipinski definition) is 6. The fourth-order valence-electron chi connectivity index (χ4n) is 2.64. The first-order valence-electron chi connectivity index (χ1n) is 9.42. The SMILES string of the molecule is COc1ccc(NS(=O)(=O)c2cccc(C(=O)N/N=C\c3ccc(OC(F)F)cc3)c2)cc1. The van der Waals surface area contributed by atoms with Gasteiger partial charge in [-0.15, -0.1) is 0 Å². The van der Waals surface area contributed by atoms with Gasteiger partial charge in [-0.2, -0.15) is 13.9 Å². The molecule has 0 atom stereocenters. The molecular weight excluding hydrogens is 456 g/mol. The Kier molecular flexibility index (Phi) is 7.57. The molecule has 0 aromatic heterocycles. The average molecular weight is 475 g/mol. The molecule has 0 unspecified atom stereocenters. The van der Waals surface area contributed by atoms with Gasteiger partial charge >= 0.3 is 6.61 Å². The first-order chi connectivity index (χ1) is 15.8. The number of nitrogens with one attached hydrogen (secondary N) is 2. The maximum absolute atomic E-state index is 12.7. The number of alkyl halides is 2. The highest BCUT2D eigenvalue weighted by atomic mass is 32.2. The zero-order chi connectivity index (χ0) is 23.8. The number of hydrogen-bond donors (Lipinski definition) is 2. The first kappa shape index (κ1) is 23.7. The Morgan fingerprint density at radius 2 is 1.67 bits per heavy atom. The molecule has 0 aliphatic heterocycles. The Balaban J connectivity index is 1.65. The molecule has 0 spiro atoms. The van der Waals surface area contributed by atoms with E-state index in [1.165, 1.54) is 61.9 Å². The van der Waals surface area contributed by atoms with Crippen molar-refractivity contribution < 1.29 is 31.5 Å². The van der Waals surface area contributed by atoms with Gasteiger partial charge in [-0.05, 0) is 72.3 Å². The number of rotatable bonds is 9. The second kappa shape index (κ2) is 10.6. The second-order valence-electron chi connectivity index (χ2n) is 6.51. The molecule has 1 amide bonds. The van der Waals surface area contributed by atoms with Crippen LogP contribution in [0.3, 0.4) is 0 Å². The lowest BCUT2D eigenvalue weighted by molar-refractivity contribution is -0.0498. The van der Waals surface area contributed by atoms with Crippen molar-refractivity contribution in [3.05, 3.63) is 83.9 Å². The Labute approximate surface area is 188 Å². The highest BCUT2D eigenvalue weighted by molar-refractivity contribution is 7.92. The third kappa shape index (κ3) is 6.74. The van der Waals surface area contributed by atoms with E-state index in [0.29, 0.717) is 17.0 Å². The van der Waals surface area contributed by atoms with Crippen LogP contribution in [0.2, 0.25) is 0 Å². The van der Waals surface area contributed by atoms with Crippen LogP contribution in [0.15, 0.2) is 82.8 Å². The lowest BCUT2D eigenvalue weighted by atomic mass is 10.2. The van der Waals surface area contributed by atoms with Gasteiger partial charge in [-0.1, -0.05) is 6.07 Å². The summed E-state index contributed by atoms with van der Waals surface area (Å²) in [5.74, 6) is -0.0625. The van der Waals surface area contributed by atoms with Gasteiger partial charge in [0, 0.05) is 11.3 Å². The van der Waals surface area contributed by atoms with Crippen molar-refractivity contribution >= 4 is 27.8 Å². The van der Waals surface area contributed by atoms with Crippen LogP contribution >= 0.6 is 0 Å². The topological polar surface area (TPSA) is 106 Å². The largest absolute Gasteiger partial charge is 0.497 e. The van der Waals surface area contributed by atoms with Gasteiger partial charge in [0.05, 0.1) is 18.2 Å². The van der Waals surface area contributed by atoms with Crippen LogP contribution in [-0.2, 0) is 10.0 Å². The summed E-state index contributed by atoms with van der Waals surface area (Å²) in [6.45, 7) is -2.92. The Morgan fingerprint density at radius 3 is 2.30 bits per heavy atom. The summed E-state index contributed by atoms with van der Waals surface area (Å²) in [4.78, 5) is 12.3. The van der Waals surface area contributed by atoms with Crippen molar-refractivity contribution in [3.8, 4) is 11.5 Å². The highest BCUT2D eigenvalue weighted by Gasteiger charge is 2.16. The number of amides is 1. The van der Waals surface area contributed by atoms with E-state index in [-0.39, 0.29) is 16.2 Å². The van der Waals surface area contributed by atoms with E-state index >= 15 is 0 Å². The highest BCUT2D eigenvalue weighted by Crippen LogP contribution is 2.20. The van der Waals surface area contributed by atoms with Crippen LogP contribution in [-0.4, -0.2) is 34.3 Å². The third-order valence-electron chi connectivity index (χ3n) is 4.23. The molecule has 172 valence electrons. The molecule has 0 heterocycles. The van der Waals surface area contributed by atoms with Crippen LogP contribution in [0.1, 0.15) is 15.9 Å². The van der Waals surface area contributed by atoms with Crippen LogP contribution < -0.4 is 19.6 Å². The van der Waals surface area contributed by atoms with Gasteiger partial charge in [0.15, 0.2) is 0 Å². The van der Waals surface area contributed by atoms with Crippen molar-refractivity contribution in [2.75, 3.05) is 11.8 Å². The molecule has 0 fully saturated rings. The number of sulfonamides is 1. The summed E-state index contributed by atoms with van der Waals surface area (Å²) >= 11 is 0. The Morgan fingerprint density at radius 1 is 1.00 bits per heavy atom. The number of carbonyl (C=O) groups is 1. The lowest BCUT2D eigenvalue weighted by Crippen LogP contribution is -2.19. The monoisotopic (exact) mass is 475 g/mol. The van der Waals surface area contributed by atoms with Crippen molar-refractivity contribution in [2.45, 2.75) is 11.5 Å². The number of methoxy groups -OCH3 is 1. The van der Waals surface area contributed by atoms with Crippen LogP contribution in [0.25, 0.3) is 0 Å². The zero-order valence-corrected chi connectivity index (χ0v) is 18.1. The van der Waals surface area contributed by atoms with Crippen molar-refractivity contribution in [2.24, 2.45) is 5.10 Å². The summed E-state index contributed by atoms with van der Waals surface area (Å²) in [5, 5.41) is 3.79. The molecule has 0 aliphatic rings. The molecule has 0 saturated heterocycles. The Hall–Kier alpha value is -3.99. The molecule has 3 rings (SSSR count). The van der Waals surface area contributed by atoms with Gasteiger partial charge in [-0.3, -0.25) is 9.52 Å². The summed E-state index contributed by atoms with van der Waals surface area (Å²) in [7, 11) is -2.44. The smallest absolute Gasteiger partial charge is 0.387 e. The fraction of sp³-hybridized carbons (Fsp3) is 0.0909. The predicted molar refractivity (Wildman–Crippen MR) is 118 cm³/mol. The molecule has 0 bridgehead atoms. The van der Waals surface area contributed by atoms with Gasteiger partial charge in [-0.25, -0.2) is 13.8 Å². The number of benzene rings is 3. The van der Waals surface area contributed by atoms with E-state index in [4.69, 9.17) is 4.74 Å². The standard InChI is InChI=1S/C22H19F2N3O5S/c1-31-18-11-7-17(8-12-18)27-33(29,30)20-4-2-3-16(13-20)21(28)26-25-14-15-5-9-19(10-6-15)32-22(23)24/h2-14,22,27H,1H3,(H,26,28)/b25-14-. The first-order valence-corrected chi connectivity index (χ1v) is 10.9. The van der Waals surface area contributed by atoms with Crippen molar-refractivity contribution in [1.29, 1.82) is 0 Å². The number of hydrazone groups is 1. The minimum Gasteiger partial charge on any atom is -0.497 e. The summed E-state index contributed by atoms with van der Waals surface area (Å²) in [6, 6.07) is 17.4. The van der Waals surface area contributed by atoms with Gasteiger partial charge in [0.2, 0.25) is 0 Å². The molecule has 11 heteroatoms. The maximum atomic E-state index is 12.7. The normalized spacial score (nSPS) is 11.4. The number of ether oxygens (including phenoxy) is 2. The molecule has 0 saturated carbocycles. The number of halogens is 2. The zero-order valence-electron chi connectivity index (χ0n) is 17.2. The van der Waals surface area contributed by atoms with Crippen molar-refractivity contribution in [1.82, 2.24) is 5.43 Å². The van der Waals surface area contributed by atoms with Crippen LogP contribution in [0, 0.1) is 0 Å². The molecule has 0 radical (unpaired) electrons. The number of carbonyl (C=O) groups excluding carboxylic acids is 1. The minimum absolute atomic E-state index is 0.00698. The molecule has 0 aliphatic carbocycles.